The molecule has 1 aromatic rings. The van der Waals surface area contributed by atoms with Crippen molar-refractivity contribution >= 4 is 11.6 Å². The van der Waals surface area contributed by atoms with Gasteiger partial charge in [-0.3, -0.25) is 4.79 Å². The van der Waals surface area contributed by atoms with Gasteiger partial charge in [-0.15, -0.1) is 0 Å². The number of rotatable bonds is 4. The SMILES string of the molecule is C=C(N)/C(NC)=C(/N)c1ccc(C(=O)NC)cc1. The van der Waals surface area contributed by atoms with E-state index in [0.29, 0.717) is 22.7 Å². The van der Waals surface area contributed by atoms with Gasteiger partial charge in [0.1, 0.15) is 0 Å². The third-order valence-electron chi connectivity index (χ3n) is 2.53. The molecule has 0 bridgehead atoms. The molecule has 0 radical (unpaired) electrons. The number of nitrogens with one attached hydrogen (secondary N) is 2. The highest BCUT2D eigenvalue weighted by molar-refractivity contribution is 5.94. The molecule has 1 amide bonds. The number of amides is 1. The predicted octanol–water partition coefficient (Wildman–Crippen LogP) is 0.365. The zero-order chi connectivity index (χ0) is 13.7. The minimum Gasteiger partial charge on any atom is -0.397 e. The van der Waals surface area contributed by atoms with E-state index in [1.54, 1.807) is 38.4 Å². The van der Waals surface area contributed by atoms with Crippen molar-refractivity contribution in [1.29, 1.82) is 0 Å². The molecule has 0 aliphatic heterocycles. The second-order valence-electron chi connectivity index (χ2n) is 3.72. The van der Waals surface area contributed by atoms with Gasteiger partial charge in [0.2, 0.25) is 0 Å². The van der Waals surface area contributed by atoms with E-state index >= 15 is 0 Å². The smallest absolute Gasteiger partial charge is 0.251 e. The summed E-state index contributed by atoms with van der Waals surface area (Å²) < 4.78 is 0. The van der Waals surface area contributed by atoms with Crippen molar-refractivity contribution in [2.45, 2.75) is 0 Å². The Morgan fingerprint density at radius 1 is 1.06 bits per heavy atom. The average Bonchev–Trinajstić information content (AvgIpc) is 2.38. The number of hydrogen-bond acceptors (Lipinski definition) is 4. The summed E-state index contributed by atoms with van der Waals surface area (Å²) in [6, 6.07) is 6.93. The molecule has 0 saturated heterocycles. The van der Waals surface area contributed by atoms with Crippen molar-refractivity contribution in [2.24, 2.45) is 11.5 Å². The number of benzene rings is 1. The van der Waals surface area contributed by atoms with Crippen LogP contribution in [0, 0.1) is 0 Å². The Morgan fingerprint density at radius 3 is 1.94 bits per heavy atom. The van der Waals surface area contributed by atoms with E-state index in [1.807, 2.05) is 0 Å². The monoisotopic (exact) mass is 246 g/mol. The first-order chi connectivity index (χ1) is 8.51. The largest absolute Gasteiger partial charge is 0.397 e. The van der Waals surface area contributed by atoms with Crippen molar-refractivity contribution in [1.82, 2.24) is 10.6 Å². The summed E-state index contributed by atoms with van der Waals surface area (Å²) in [7, 11) is 3.31. The third-order valence-corrected chi connectivity index (χ3v) is 2.53. The zero-order valence-electron chi connectivity index (χ0n) is 10.6. The van der Waals surface area contributed by atoms with Crippen molar-refractivity contribution in [3.63, 3.8) is 0 Å². The second kappa shape index (κ2) is 5.77. The Labute approximate surface area is 107 Å². The third kappa shape index (κ3) is 2.82. The fraction of sp³-hybridized carbons (Fsp3) is 0.154. The molecule has 5 heteroatoms. The van der Waals surface area contributed by atoms with Gasteiger partial charge in [-0.2, -0.15) is 0 Å². The quantitative estimate of drug-likeness (QED) is 0.577. The molecule has 96 valence electrons. The molecule has 6 N–H and O–H groups in total. The lowest BCUT2D eigenvalue weighted by molar-refractivity contribution is 0.0963. The molecule has 5 nitrogen and oxygen atoms in total. The van der Waals surface area contributed by atoms with Gasteiger partial charge in [-0.25, -0.2) is 0 Å². The number of likely N-dealkylation sites (N-methyl/N-ethyl adjacent to an activating group) is 1. The molecular formula is C13H18N4O. The molecule has 1 aromatic carbocycles. The van der Waals surface area contributed by atoms with Crippen molar-refractivity contribution in [3.05, 3.63) is 53.4 Å². The Balaban J connectivity index is 3.12. The van der Waals surface area contributed by atoms with Crippen LogP contribution in [-0.4, -0.2) is 20.0 Å². The van der Waals surface area contributed by atoms with Gasteiger partial charge in [0.15, 0.2) is 0 Å². The first-order valence-electron chi connectivity index (χ1n) is 5.46. The van der Waals surface area contributed by atoms with Gasteiger partial charge < -0.3 is 22.1 Å². The standard InChI is InChI=1S/C13H18N4O/c1-8(14)12(16-2)11(15)9-4-6-10(7-5-9)13(18)17-3/h4-7,16H,1,14-15H2,2-3H3,(H,17,18)/b12-11-. The minimum atomic E-state index is -0.138. The van der Waals surface area contributed by atoms with E-state index in [2.05, 4.69) is 17.2 Å². The summed E-state index contributed by atoms with van der Waals surface area (Å²) in [5.74, 6) is -0.138. The second-order valence-corrected chi connectivity index (χ2v) is 3.72. The van der Waals surface area contributed by atoms with Gasteiger partial charge in [0.05, 0.1) is 11.4 Å². The van der Waals surface area contributed by atoms with Crippen molar-refractivity contribution in [2.75, 3.05) is 14.1 Å². The molecule has 0 heterocycles. The van der Waals surface area contributed by atoms with Gasteiger partial charge >= 0.3 is 0 Å². The van der Waals surface area contributed by atoms with E-state index in [0.717, 1.165) is 5.56 Å². The lowest BCUT2D eigenvalue weighted by Crippen LogP contribution is -2.19. The maximum atomic E-state index is 11.4. The van der Waals surface area contributed by atoms with E-state index in [1.165, 1.54) is 0 Å². The van der Waals surface area contributed by atoms with E-state index in [4.69, 9.17) is 11.5 Å². The molecule has 0 fully saturated rings. The highest BCUT2D eigenvalue weighted by atomic mass is 16.1. The Hall–Kier alpha value is -2.43. The first kappa shape index (κ1) is 13.6. The topological polar surface area (TPSA) is 93.2 Å². The Bertz CT molecular complexity index is 488. The van der Waals surface area contributed by atoms with Crippen LogP contribution in [0.3, 0.4) is 0 Å². The molecule has 0 unspecified atom stereocenters. The van der Waals surface area contributed by atoms with Crippen LogP contribution in [0.5, 0.6) is 0 Å². The summed E-state index contributed by atoms with van der Waals surface area (Å²) in [4.78, 5) is 11.4. The van der Waals surface area contributed by atoms with Crippen LogP contribution in [0.4, 0.5) is 0 Å². The molecule has 1 rings (SSSR count). The summed E-state index contributed by atoms with van der Waals surface area (Å²) in [6.07, 6.45) is 0. The van der Waals surface area contributed by atoms with Crippen LogP contribution >= 0.6 is 0 Å². The van der Waals surface area contributed by atoms with E-state index in [9.17, 15) is 4.79 Å². The van der Waals surface area contributed by atoms with Gasteiger partial charge in [0.25, 0.3) is 5.91 Å². The zero-order valence-corrected chi connectivity index (χ0v) is 10.6. The minimum absolute atomic E-state index is 0.138. The summed E-state index contributed by atoms with van der Waals surface area (Å²) in [5.41, 5.74) is 14.4. The first-order valence-corrected chi connectivity index (χ1v) is 5.46. The van der Waals surface area contributed by atoms with Crippen LogP contribution in [0.1, 0.15) is 15.9 Å². The van der Waals surface area contributed by atoms with Gasteiger partial charge in [-0.1, -0.05) is 18.7 Å². The maximum absolute atomic E-state index is 11.4. The Morgan fingerprint density at radius 2 is 1.56 bits per heavy atom. The fourth-order valence-corrected chi connectivity index (χ4v) is 1.56. The maximum Gasteiger partial charge on any atom is 0.251 e. The van der Waals surface area contributed by atoms with Crippen molar-refractivity contribution < 1.29 is 4.79 Å². The molecule has 0 aliphatic rings. The van der Waals surface area contributed by atoms with Gasteiger partial charge in [0, 0.05) is 25.4 Å². The molecule has 0 aromatic heterocycles. The number of hydrogen-bond donors (Lipinski definition) is 4. The van der Waals surface area contributed by atoms with Crippen molar-refractivity contribution in [3.8, 4) is 0 Å². The lowest BCUT2D eigenvalue weighted by Gasteiger charge is -2.11. The summed E-state index contributed by atoms with van der Waals surface area (Å²) in [5, 5.41) is 5.45. The van der Waals surface area contributed by atoms with Crippen LogP contribution in [0.25, 0.3) is 5.70 Å². The molecule has 0 spiro atoms. The lowest BCUT2D eigenvalue weighted by atomic mass is 10.1. The van der Waals surface area contributed by atoms with Gasteiger partial charge in [-0.05, 0) is 17.7 Å². The summed E-state index contributed by atoms with van der Waals surface area (Å²) >= 11 is 0. The number of nitrogens with two attached hydrogens (primary N) is 2. The molecular weight excluding hydrogens is 228 g/mol. The van der Waals surface area contributed by atoms with Crippen LogP contribution in [0.2, 0.25) is 0 Å². The van der Waals surface area contributed by atoms with E-state index < -0.39 is 0 Å². The molecule has 0 aliphatic carbocycles. The van der Waals surface area contributed by atoms with Crippen LogP contribution in [-0.2, 0) is 0 Å². The highest BCUT2D eigenvalue weighted by Crippen LogP contribution is 2.15. The molecule has 0 atom stereocenters. The number of carbonyl (C=O) groups is 1. The number of carbonyl (C=O) groups excluding carboxylic acids is 1. The van der Waals surface area contributed by atoms with E-state index in [-0.39, 0.29) is 5.91 Å². The fourth-order valence-electron chi connectivity index (χ4n) is 1.56. The predicted molar refractivity (Wildman–Crippen MR) is 73.3 cm³/mol. The molecule has 0 saturated carbocycles. The Kier molecular flexibility index (Phi) is 4.37. The summed E-state index contributed by atoms with van der Waals surface area (Å²) in [6.45, 7) is 3.65. The molecule has 18 heavy (non-hydrogen) atoms. The highest BCUT2D eigenvalue weighted by Gasteiger charge is 2.07. The normalized spacial score (nSPS) is 11.4. The van der Waals surface area contributed by atoms with Crippen LogP contribution < -0.4 is 22.1 Å². The van der Waals surface area contributed by atoms with Crippen LogP contribution in [0.15, 0.2) is 42.2 Å². The average molecular weight is 246 g/mol.